The molecule has 2 rings (SSSR count). The Morgan fingerprint density at radius 1 is 1.47 bits per heavy atom. The Labute approximate surface area is 105 Å². The van der Waals surface area contributed by atoms with Gasteiger partial charge in [-0.15, -0.1) is 0 Å². The van der Waals surface area contributed by atoms with Crippen LogP contribution in [0.5, 0.6) is 0 Å². The summed E-state index contributed by atoms with van der Waals surface area (Å²) in [4.78, 5) is 0. The second kappa shape index (κ2) is 5.25. The maximum atomic E-state index is 5.91. The monoisotopic (exact) mass is 241 g/mol. The van der Waals surface area contributed by atoms with Gasteiger partial charge in [0.15, 0.2) is 0 Å². The molecule has 17 heavy (non-hydrogen) atoms. The highest BCUT2D eigenvalue weighted by Gasteiger charge is 2.57. The molecule has 1 heterocycles. The first kappa shape index (κ1) is 13.3. The van der Waals surface area contributed by atoms with Gasteiger partial charge in [0.1, 0.15) is 0 Å². The van der Waals surface area contributed by atoms with Crippen molar-refractivity contribution in [3.05, 3.63) is 0 Å². The van der Waals surface area contributed by atoms with Crippen LogP contribution in [0.1, 0.15) is 40.5 Å². The van der Waals surface area contributed by atoms with Gasteiger partial charge in [-0.3, -0.25) is 0 Å². The third kappa shape index (κ3) is 2.51. The summed E-state index contributed by atoms with van der Waals surface area (Å²) >= 11 is 0. The third-order valence-corrected chi connectivity index (χ3v) is 4.41. The minimum absolute atomic E-state index is 0.275. The summed E-state index contributed by atoms with van der Waals surface area (Å²) in [6.45, 7) is 11.5. The summed E-state index contributed by atoms with van der Waals surface area (Å²) in [6.07, 6.45) is 3.31. The molecule has 0 radical (unpaired) electrons. The molecule has 0 aromatic heterocycles. The number of rotatable bonds is 5. The molecule has 0 bridgehead atoms. The molecule has 2 aliphatic rings. The molecule has 100 valence electrons. The second-order valence-electron chi connectivity index (χ2n) is 6.07. The van der Waals surface area contributed by atoms with Crippen LogP contribution < -0.4 is 5.32 Å². The second-order valence-corrected chi connectivity index (χ2v) is 6.07. The average molecular weight is 241 g/mol. The molecule has 1 N–H and O–H groups in total. The molecule has 1 saturated heterocycles. The Morgan fingerprint density at radius 3 is 2.94 bits per heavy atom. The topological polar surface area (TPSA) is 30.5 Å². The third-order valence-electron chi connectivity index (χ3n) is 4.41. The van der Waals surface area contributed by atoms with Gasteiger partial charge >= 0.3 is 0 Å². The van der Waals surface area contributed by atoms with E-state index in [0.29, 0.717) is 24.2 Å². The zero-order valence-electron chi connectivity index (χ0n) is 11.7. The van der Waals surface area contributed by atoms with E-state index in [1.165, 1.54) is 12.8 Å². The summed E-state index contributed by atoms with van der Waals surface area (Å²) in [5.41, 5.74) is 0.275. The highest BCUT2D eigenvalue weighted by atomic mass is 16.5. The fourth-order valence-corrected chi connectivity index (χ4v) is 3.57. The van der Waals surface area contributed by atoms with Crippen LogP contribution in [0.25, 0.3) is 0 Å². The van der Waals surface area contributed by atoms with Crippen LogP contribution in [0.4, 0.5) is 0 Å². The lowest BCUT2D eigenvalue weighted by molar-refractivity contribution is -0.193. The lowest BCUT2D eigenvalue weighted by Gasteiger charge is -2.60. The Bertz CT molecular complexity index is 255. The van der Waals surface area contributed by atoms with Gasteiger partial charge in [0.05, 0.1) is 12.2 Å². The van der Waals surface area contributed by atoms with E-state index in [1.807, 2.05) is 0 Å². The van der Waals surface area contributed by atoms with Crippen molar-refractivity contribution >= 4 is 0 Å². The highest BCUT2D eigenvalue weighted by molar-refractivity contribution is 5.10. The smallest absolute Gasteiger partial charge is 0.0684 e. The summed E-state index contributed by atoms with van der Waals surface area (Å²) in [5, 5.41) is 3.69. The molecular weight excluding hydrogens is 214 g/mol. The van der Waals surface area contributed by atoms with Crippen molar-refractivity contribution in [3.8, 4) is 0 Å². The molecule has 0 aromatic carbocycles. The Hall–Kier alpha value is -0.120. The Kier molecular flexibility index (Phi) is 4.11. The molecule has 4 unspecified atom stereocenters. The van der Waals surface area contributed by atoms with Gasteiger partial charge in [0.25, 0.3) is 0 Å². The van der Waals surface area contributed by atoms with Gasteiger partial charge in [-0.1, -0.05) is 13.8 Å². The Balaban J connectivity index is 1.84. The van der Waals surface area contributed by atoms with E-state index in [1.54, 1.807) is 0 Å². The molecule has 0 aromatic rings. The van der Waals surface area contributed by atoms with Crippen molar-refractivity contribution in [2.24, 2.45) is 11.3 Å². The molecular formula is C14H27NO2. The first-order chi connectivity index (χ1) is 8.07. The van der Waals surface area contributed by atoms with Crippen LogP contribution in [-0.4, -0.2) is 38.0 Å². The maximum Gasteiger partial charge on any atom is 0.0684 e. The van der Waals surface area contributed by atoms with E-state index < -0.39 is 0 Å². The molecule has 3 heteroatoms. The van der Waals surface area contributed by atoms with Crippen LogP contribution in [0.2, 0.25) is 0 Å². The molecule has 0 spiro atoms. The largest absolute Gasteiger partial charge is 0.377 e. The van der Waals surface area contributed by atoms with E-state index in [9.17, 15) is 0 Å². The summed E-state index contributed by atoms with van der Waals surface area (Å²) in [7, 11) is 0. The summed E-state index contributed by atoms with van der Waals surface area (Å²) in [6, 6.07) is 0.593. The van der Waals surface area contributed by atoms with Gasteiger partial charge < -0.3 is 14.8 Å². The van der Waals surface area contributed by atoms with Crippen molar-refractivity contribution < 1.29 is 9.47 Å². The normalized spacial score (nSPS) is 37.1. The first-order valence-corrected chi connectivity index (χ1v) is 7.04. The molecule has 1 saturated carbocycles. The van der Waals surface area contributed by atoms with Crippen LogP contribution in [0, 0.1) is 11.3 Å². The number of fused-ring (bicyclic) bond motifs is 1. The zero-order chi connectivity index (χ0) is 12.5. The van der Waals surface area contributed by atoms with Gasteiger partial charge in [0, 0.05) is 37.1 Å². The minimum atomic E-state index is 0.275. The van der Waals surface area contributed by atoms with Crippen molar-refractivity contribution in [2.75, 3.05) is 19.8 Å². The summed E-state index contributed by atoms with van der Waals surface area (Å²) < 4.78 is 11.5. The van der Waals surface area contributed by atoms with E-state index in [-0.39, 0.29) is 5.41 Å². The average Bonchev–Trinajstić information content (AvgIpc) is 2.29. The van der Waals surface area contributed by atoms with Crippen molar-refractivity contribution in [1.29, 1.82) is 0 Å². The predicted molar refractivity (Wildman–Crippen MR) is 69.1 cm³/mol. The van der Waals surface area contributed by atoms with Gasteiger partial charge in [-0.25, -0.2) is 0 Å². The number of hydrogen-bond acceptors (Lipinski definition) is 3. The number of hydrogen-bond donors (Lipinski definition) is 1. The number of nitrogens with one attached hydrogen (secondary N) is 1. The van der Waals surface area contributed by atoms with Crippen molar-refractivity contribution in [2.45, 2.75) is 58.8 Å². The maximum absolute atomic E-state index is 5.91. The zero-order valence-corrected chi connectivity index (χ0v) is 11.7. The summed E-state index contributed by atoms with van der Waals surface area (Å²) in [5.74, 6) is 0.715. The van der Waals surface area contributed by atoms with Crippen LogP contribution in [0.3, 0.4) is 0 Å². The van der Waals surface area contributed by atoms with Crippen molar-refractivity contribution in [1.82, 2.24) is 5.32 Å². The molecule has 2 fully saturated rings. The van der Waals surface area contributed by atoms with Crippen LogP contribution in [-0.2, 0) is 9.47 Å². The van der Waals surface area contributed by atoms with Crippen LogP contribution >= 0.6 is 0 Å². The minimum Gasteiger partial charge on any atom is -0.377 e. The Morgan fingerprint density at radius 2 is 2.24 bits per heavy atom. The SMILES string of the molecule is CCOC(C)CNC1C2CCCOC2C1(C)C. The lowest BCUT2D eigenvalue weighted by atomic mass is 9.55. The lowest BCUT2D eigenvalue weighted by Crippen LogP contribution is -2.69. The highest BCUT2D eigenvalue weighted by Crippen LogP contribution is 2.51. The van der Waals surface area contributed by atoms with Crippen molar-refractivity contribution in [3.63, 3.8) is 0 Å². The van der Waals surface area contributed by atoms with Gasteiger partial charge in [-0.05, 0) is 26.7 Å². The van der Waals surface area contributed by atoms with E-state index in [2.05, 4.69) is 33.0 Å². The van der Waals surface area contributed by atoms with E-state index >= 15 is 0 Å². The fraction of sp³-hybridized carbons (Fsp3) is 1.00. The molecule has 0 amide bonds. The molecule has 3 nitrogen and oxygen atoms in total. The predicted octanol–water partition coefficient (Wildman–Crippen LogP) is 2.20. The number of ether oxygens (including phenoxy) is 2. The first-order valence-electron chi connectivity index (χ1n) is 7.04. The standard InChI is InChI=1S/C14H27NO2/c1-5-16-10(2)9-15-12-11-7-6-8-17-13(11)14(12,3)4/h10-13,15H,5-9H2,1-4H3. The molecule has 1 aliphatic heterocycles. The van der Waals surface area contributed by atoms with Gasteiger partial charge in [-0.2, -0.15) is 0 Å². The van der Waals surface area contributed by atoms with Gasteiger partial charge in [0.2, 0.25) is 0 Å². The quantitative estimate of drug-likeness (QED) is 0.800. The van der Waals surface area contributed by atoms with E-state index in [0.717, 1.165) is 19.8 Å². The molecule has 4 atom stereocenters. The molecule has 1 aliphatic carbocycles. The fourth-order valence-electron chi connectivity index (χ4n) is 3.57. The van der Waals surface area contributed by atoms with E-state index in [4.69, 9.17) is 9.47 Å². The van der Waals surface area contributed by atoms with Crippen LogP contribution in [0.15, 0.2) is 0 Å².